The van der Waals surface area contributed by atoms with Gasteiger partial charge in [-0.15, -0.1) is 0 Å². The van der Waals surface area contributed by atoms with Gasteiger partial charge in [-0.05, 0) is 32.0 Å². The van der Waals surface area contributed by atoms with E-state index in [0.717, 1.165) is 27.4 Å². The number of anilines is 2. The van der Waals surface area contributed by atoms with Crippen molar-refractivity contribution in [1.82, 2.24) is 9.88 Å². The Morgan fingerprint density at radius 2 is 1.85 bits per heavy atom. The van der Waals surface area contributed by atoms with Crippen LogP contribution >= 0.6 is 0 Å². The first-order chi connectivity index (χ1) is 16.1. The van der Waals surface area contributed by atoms with Gasteiger partial charge in [0.15, 0.2) is 0 Å². The highest BCUT2D eigenvalue weighted by Gasteiger charge is 2.52. The van der Waals surface area contributed by atoms with Crippen LogP contribution in [-0.2, 0) is 11.0 Å². The second-order valence-corrected chi connectivity index (χ2v) is 8.31. The molecule has 0 spiro atoms. The Bertz CT molecular complexity index is 1320. The third-order valence-electron chi connectivity index (χ3n) is 5.83. The number of carbonyl (C=O) groups excluding carboxylic acids is 2. The number of alkyl halides is 3. The summed E-state index contributed by atoms with van der Waals surface area (Å²) in [4.78, 5) is 32.4. The molecule has 1 aromatic heterocycles. The van der Waals surface area contributed by atoms with Gasteiger partial charge in [-0.2, -0.15) is 18.4 Å². The molecule has 0 atom stereocenters. The molecule has 0 radical (unpaired) electrons. The molecule has 1 saturated heterocycles. The molecule has 10 heteroatoms. The topological polar surface area (TPSA) is 89.3 Å². The molecule has 34 heavy (non-hydrogen) atoms. The number of urea groups is 1. The lowest BCUT2D eigenvalue weighted by atomic mass is 10.0. The van der Waals surface area contributed by atoms with E-state index < -0.39 is 34.8 Å². The summed E-state index contributed by atoms with van der Waals surface area (Å²) in [6, 6.07) is 11.2. The maximum atomic E-state index is 13.4. The Balaban J connectivity index is 1.57. The smallest absolute Gasteiger partial charge is 0.382 e. The largest absolute Gasteiger partial charge is 0.417 e. The van der Waals surface area contributed by atoms with E-state index in [4.69, 9.17) is 5.26 Å². The summed E-state index contributed by atoms with van der Waals surface area (Å²) < 4.78 is 40.2. The van der Waals surface area contributed by atoms with E-state index in [1.54, 1.807) is 26.2 Å². The van der Waals surface area contributed by atoms with Crippen molar-refractivity contribution in [2.24, 2.45) is 0 Å². The third kappa shape index (κ3) is 3.90. The number of hydrogen-bond acceptors (Lipinski definition) is 5. The number of rotatable bonds is 5. The van der Waals surface area contributed by atoms with Crippen LogP contribution < -0.4 is 10.2 Å². The molecular weight excluding hydrogens is 447 g/mol. The SMILES string of the molecule is CC1(C)C(=O)N(c2ccc(C#N)c(C(F)(F)F)c2)C(=O)N1CCNc1cncc2ccccc12. The lowest BCUT2D eigenvalue weighted by Gasteiger charge is -2.27. The van der Waals surface area contributed by atoms with E-state index in [1.807, 2.05) is 24.3 Å². The van der Waals surface area contributed by atoms with Gasteiger partial charge in [-0.3, -0.25) is 9.78 Å². The van der Waals surface area contributed by atoms with Crippen molar-refractivity contribution in [3.8, 4) is 6.07 Å². The Labute approximate surface area is 193 Å². The van der Waals surface area contributed by atoms with Crippen LogP contribution in [0.15, 0.2) is 54.9 Å². The Morgan fingerprint density at radius 1 is 1.12 bits per heavy atom. The second kappa shape index (κ2) is 8.33. The van der Waals surface area contributed by atoms with E-state index in [2.05, 4.69) is 10.3 Å². The number of halogens is 3. The molecule has 0 aliphatic carbocycles. The van der Waals surface area contributed by atoms with Gasteiger partial charge in [-0.1, -0.05) is 24.3 Å². The van der Waals surface area contributed by atoms with E-state index in [-0.39, 0.29) is 18.8 Å². The summed E-state index contributed by atoms with van der Waals surface area (Å²) in [5, 5.41) is 14.1. The molecule has 4 rings (SSSR count). The van der Waals surface area contributed by atoms with Gasteiger partial charge in [0.05, 0.1) is 34.8 Å². The van der Waals surface area contributed by atoms with Crippen LogP contribution in [0.2, 0.25) is 0 Å². The molecule has 0 bridgehead atoms. The molecule has 7 nitrogen and oxygen atoms in total. The van der Waals surface area contributed by atoms with Gasteiger partial charge >= 0.3 is 12.2 Å². The Morgan fingerprint density at radius 3 is 2.56 bits per heavy atom. The second-order valence-electron chi connectivity index (χ2n) is 8.31. The fraction of sp³-hybridized carbons (Fsp3) is 0.250. The predicted molar refractivity (Wildman–Crippen MR) is 120 cm³/mol. The maximum absolute atomic E-state index is 13.4. The third-order valence-corrected chi connectivity index (χ3v) is 5.83. The lowest BCUT2D eigenvalue weighted by Crippen LogP contribution is -2.46. The molecule has 2 heterocycles. The van der Waals surface area contributed by atoms with Crippen LogP contribution in [0.4, 0.5) is 29.3 Å². The van der Waals surface area contributed by atoms with Crippen LogP contribution in [0.1, 0.15) is 25.0 Å². The predicted octanol–water partition coefficient (Wildman–Crippen LogP) is 4.78. The maximum Gasteiger partial charge on any atom is 0.417 e. The highest BCUT2D eigenvalue weighted by atomic mass is 19.4. The molecule has 0 unspecified atom stereocenters. The van der Waals surface area contributed by atoms with Crippen LogP contribution in [0.5, 0.6) is 0 Å². The molecule has 0 saturated carbocycles. The minimum absolute atomic E-state index is 0.125. The molecule has 1 aliphatic heterocycles. The first-order valence-electron chi connectivity index (χ1n) is 10.4. The van der Waals surface area contributed by atoms with Crippen molar-refractivity contribution >= 4 is 34.1 Å². The summed E-state index contributed by atoms with van der Waals surface area (Å²) in [6.07, 6.45) is -1.42. The zero-order valence-corrected chi connectivity index (χ0v) is 18.3. The average molecular weight is 467 g/mol. The van der Waals surface area contributed by atoms with Crippen LogP contribution in [0.3, 0.4) is 0 Å². The van der Waals surface area contributed by atoms with E-state index in [1.165, 1.54) is 17.0 Å². The van der Waals surface area contributed by atoms with Crippen molar-refractivity contribution in [2.75, 3.05) is 23.3 Å². The summed E-state index contributed by atoms with van der Waals surface area (Å²) in [5.74, 6) is -0.651. The normalized spacial score (nSPS) is 15.6. The highest BCUT2D eigenvalue weighted by molar-refractivity contribution is 6.23. The molecular formula is C24H20F3N5O2. The summed E-state index contributed by atoms with van der Waals surface area (Å²) in [6.45, 7) is 3.49. The monoisotopic (exact) mass is 467 g/mol. The van der Waals surface area contributed by atoms with Crippen molar-refractivity contribution in [3.05, 3.63) is 66.0 Å². The van der Waals surface area contributed by atoms with Gasteiger partial charge in [-0.25, -0.2) is 9.69 Å². The molecule has 3 aromatic rings. The number of nitrogens with one attached hydrogen (secondary N) is 1. The van der Waals surface area contributed by atoms with Gasteiger partial charge in [0.1, 0.15) is 5.54 Å². The number of amides is 3. The zero-order valence-electron chi connectivity index (χ0n) is 18.3. The molecule has 3 amide bonds. The van der Waals surface area contributed by atoms with Crippen LogP contribution in [0, 0.1) is 11.3 Å². The van der Waals surface area contributed by atoms with Crippen molar-refractivity contribution < 1.29 is 22.8 Å². The highest BCUT2D eigenvalue weighted by Crippen LogP contribution is 2.37. The molecule has 1 N–H and O–H groups in total. The first kappa shape index (κ1) is 23.0. The molecule has 1 aliphatic rings. The fourth-order valence-electron chi connectivity index (χ4n) is 4.00. The van der Waals surface area contributed by atoms with E-state index in [9.17, 15) is 22.8 Å². The van der Waals surface area contributed by atoms with Crippen molar-refractivity contribution in [2.45, 2.75) is 25.6 Å². The quantitative estimate of drug-likeness (QED) is 0.546. The van der Waals surface area contributed by atoms with Gasteiger partial charge in [0.25, 0.3) is 5.91 Å². The number of fused-ring (bicyclic) bond motifs is 1. The summed E-state index contributed by atoms with van der Waals surface area (Å²) >= 11 is 0. The first-order valence-corrected chi connectivity index (χ1v) is 10.4. The van der Waals surface area contributed by atoms with E-state index >= 15 is 0 Å². The average Bonchev–Trinajstić information content (AvgIpc) is 2.97. The number of pyridine rings is 1. The number of carbonyl (C=O) groups is 2. The van der Waals surface area contributed by atoms with Crippen molar-refractivity contribution in [1.29, 1.82) is 5.26 Å². The van der Waals surface area contributed by atoms with Gasteiger partial charge < -0.3 is 10.2 Å². The number of nitrogens with zero attached hydrogens (tertiary/aromatic N) is 4. The van der Waals surface area contributed by atoms with Crippen LogP contribution in [-0.4, -0.2) is 40.5 Å². The zero-order chi connectivity index (χ0) is 24.7. The number of aromatic nitrogens is 1. The minimum Gasteiger partial charge on any atom is -0.382 e. The minimum atomic E-state index is -4.81. The Hall–Kier alpha value is -4.13. The van der Waals surface area contributed by atoms with E-state index in [0.29, 0.717) is 6.07 Å². The molecule has 174 valence electrons. The van der Waals surface area contributed by atoms with Crippen molar-refractivity contribution in [3.63, 3.8) is 0 Å². The lowest BCUT2D eigenvalue weighted by molar-refractivity contribution is -0.137. The summed E-state index contributed by atoms with van der Waals surface area (Å²) in [7, 11) is 0. The van der Waals surface area contributed by atoms with Gasteiger partial charge in [0, 0.05) is 30.1 Å². The standard InChI is InChI=1S/C24H20F3N5O2/c1-23(2)21(33)32(17-8-7-15(12-28)19(11-17)24(25,26)27)22(34)31(23)10-9-30-20-14-29-13-16-5-3-4-6-18(16)20/h3-8,11,13-14,30H,9-10H2,1-2H3. The number of hydrogen-bond donors (Lipinski definition) is 1. The number of imide groups is 1. The van der Waals surface area contributed by atoms with Crippen LogP contribution in [0.25, 0.3) is 10.8 Å². The number of nitriles is 1. The number of benzene rings is 2. The fourth-order valence-corrected chi connectivity index (χ4v) is 4.00. The summed E-state index contributed by atoms with van der Waals surface area (Å²) in [5.41, 5.74) is -2.54. The molecule has 2 aromatic carbocycles. The molecule has 1 fully saturated rings. The van der Waals surface area contributed by atoms with Gasteiger partial charge in [0.2, 0.25) is 0 Å². The Kier molecular flexibility index (Phi) is 5.65.